The Bertz CT molecular complexity index is 1080. The number of nitrogens with zero attached hydrogens (tertiary/aromatic N) is 3. The number of rotatable bonds is 3. The van der Waals surface area contributed by atoms with Crippen LogP contribution < -0.4 is 16.2 Å². The lowest BCUT2D eigenvalue weighted by molar-refractivity contribution is -0.137. The van der Waals surface area contributed by atoms with Gasteiger partial charge in [-0.1, -0.05) is 12.1 Å². The normalized spacial score (nSPS) is 16.6. The highest BCUT2D eigenvalue weighted by Crippen LogP contribution is 2.33. The quantitative estimate of drug-likeness (QED) is 0.674. The molecule has 0 radical (unpaired) electrons. The van der Waals surface area contributed by atoms with E-state index in [9.17, 15) is 18.0 Å². The van der Waals surface area contributed by atoms with Gasteiger partial charge in [-0.25, -0.2) is 9.97 Å². The van der Waals surface area contributed by atoms with E-state index in [1.165, 1.54) is 23.0 Å². The lowest BCUT2D eigenvalue weighted by Crippen LogP contribution is -2.25. The molecule has 2 N–H and O–H groups in total. The van der Waals surface area contributed by atoms with Gasteiger partial charge in [-0.15, -0.1) is 12.4 Å². The van der Waals surface area contributed by atoms with Crippen molar-refractivity contribution >= 4 is 29.1 Å². The molecule has 0 amide bonds. The van der Waals surface area contributed by atoms with Crippen molar-refractivity contribution in [2.24, 2.45) is 7.05 Å². The number of aromatic nitrogens is 3. The number of aryl methyl sites for hydroxylation is 1. The molecule has 3 heterocycles. The van der Waals surface area contributed by atoms with Crippen molar-refractivity contribution < 1.29 is 13.2 Å². The van der Waals surface area contributed by atoms with E-state index in [-0.39, 0.29) is 24.0 Å². The Labute approximate surface area is 170 Å². The highest BCUT2D eigenvalue weighted by Gasteiger charge is 2.30. The van der Waals surface area contributed by atoms with Crippen LogP contribution in [-0.4, -0.2) is 33.7 Å². The molecule has 2 aromatic heterocycles. The van der Waals surface area contributed by atoms with Crippen molar-refractivity contribution in [3.05, 3.63) is 52.7 Å². The van der Waals surface area contributed by atoms with Crippen molar-refractivity contribution in [3.63, 3.8) is 0 Å². The number of pyridine rings is 1. The molecule has 1 fully saturated rings. The SMILES string of the molecule is Cl.Cn1cnc2c(-c3ccc(C(F)(F)F)cc3)cnc(N[C@H]3CCNC3)c2c1=O. The summed E-state index contributed by atoms with van der Waals surface area (Å²) in [6.45, 7) is 1.65. The van der Waals surface area contributed by atoms with Crippen LogP contribution in [0.15, 0.2) is 41.6 Å². The summed E-state index contributed by atoms with van der Waals surface area (Å²) < 4.78 is 39.9. The molecule has 4 rings (SSSR count). The van der Waals surface area contributed by atoms with Gasteiger partial charge < -0.3 is 15.2 Å². The number of benzene rings is 1. The Morgan fingerprint density at radius 2 is 1.93 bits per heavy atom. The van der Waals surface area contributed by atoms with Gasteiger partial charge in [0.2, 0.25) is 0 Å². The average Bonchev–Trinajstić information content (AvgIpc) is 3.17. The molecule has 0 bridgehead atoms. The molecule has 6 nitrogen and oxygen atoms in total. The second-order valence-corrected chi connectivity index (χ2v) is 6.81. The molecule has 1 saturated heterocycles. The van der Waals surface area contributed by atoms with Crippen LogP contribution in [0.1, 0.15) is 12.0 Å². The molecule has 0 aliphatic carbocycles. The molecule has 1 atom stereocenters. The number of halogens is 4. The Morgan fingerprint density at radius 3 is 2.55 bits per heavy atom. The first-order valence-corrected chi connectivity index (χ1v) is 8.84. The van der Waals surface area contributed by atoms with Gasteiger partial charge in [0.15, 0.2) is 0 Å². The fourth-order valence-corrected chi connectivity index (χ4v) is 3.34. The number of fused-ring (bicyclic) bond motifs is 1. The lowest BCUT2D eigenvalue weighted by atomic mass is 10.0. The van der Waals surface area contributed by atoms with Crippen molar-refractivity contribution in [2.75, 3.05) is 18.4 Å². The second-order valence-electron chi connectivity index (χ2n) is 6.81. The van der Waals surface area contributed by atoms with Gasteiger partial charge in [-0.05, 0) is 30.7 Å². The zero-order valence-corrected chi connectivity index (χ0v) is 16.3. The molecule has 1 aliphatic heterocycles. The maximum atomic E-state index is 12.8. The molecule has 1 aromatic carbocycles. The van der Waals surface area contributed by atoms with E-state index in [0.29, 0.717) is 27.8 Å². The van der Waals surface area contributed by atoms with Gasteiger partial charge in [0.1, 0.15) is 11.2 Å². The number of alkyl halides is 3. The molecular weight excluding hydrogens is 407 g/mol. The van der Waals surface area contributed by atoms with Gasteiger partial charge in [0, 0.05) is 31.4 Å². The van der Waals surface area contributed by atoms with Gasteiger partial charge >= 0.3 is 6.18 Å². The molecular formula is C19H19ClF3N5O. The Morgan fingerprint density at radius 1 is 1.21 bits per heavy atom. The Hall–Kier alpha value is -2.65. The maximum Gasteiger partial charge on any atom is 0.416 e. The molecule has 29 heavy (non-hydrogen) atoms. The molecule has 0 unspecified atom stereocenters. The first-order valence-electron chi connectivity index (χ1n) is 8.84. The highest BCUT2D eigenvalue weighted by molar-refractivity contribution is 5.98. The van der Waals surface area contributed by atoms with Crippen molar-refractivity contribution in [1.29, 1.82) is 0 Å². The van der Waals surface area contributed by atoms with Crippen LogP contribution in [0.2, 0.25) is 0 Å². The van der Waals surface area contributed by atoms with Crippen LogP contribution in [0.4, 0.5) is 19.0 Å². The summed E-state index contributed by atoms with van der Waals surface area (Å²) in [5, 5.41) is 6.85. The average molecular weight is 426 g/mol. The standard InChI is InChI=1S/C19H18F3N5O.ClH/c1-27-10-25-16-14(11-2-4-12(5-3-11)19(20,21)22)9-24-17(15(16)18(27)28)26-13-6-7-23-8-13;/h2-5,9-10,13,23H,6-8H2,1H3,(H,24,26);1H/t13-;/m0./s1. The third-order valence-corrected chi connectivity index (χ3v) is 4.87. The van der Waals surface area contributed by atoms with E-state index < -0.39 is 11.7 Å². The third-order valence-electron chi connectivity index (χ3n) is 4.87. The summed E-state index contributed by atoms with van der Waals surface area (Å²) in [5.41, 5.74) is 0.437. The van der Waals surface area contributed by atoms with Gasteiger partial charge in [-0.3, -0.25) is 4.79 Å². The summed E-state index contributed by atoms with van der Waals surface area (Å²) in [4.78, 5) is 21.5. The van der Waals surface area contributed by atoms with E-state index >= 15 is 0 Å². The van der Waals surface area contributed by atoms with E-state index in [4.69, 9.17) is 0 Å². The first-order chi connectivity index (χ1) is 13.3. The summed E-state index contributed by atoms with van der Waals surface area (Å²) in [5.74, 6) is 0.438. The smallest absolute Gasteiger partial charge is 0.365 e. The van der Waals surface area contributed by atoms with E-state index in [1.807, 2.05) is 0 Å². The van der Waals surface area contributed by atoms with E-state index in [2.05, 4.69) is 20.6 Å². The zero-order chi connectivity index (χ0) is 19.9. The monoisotopic (exact) mass is 425 g/mol. The van der Waals surface area contributed by atoms with Crippen LogP contribution in [0, 0.1) is 0 Å². The molecule has 0 saturated carbocycles. The number of anilines is 1. The first kappa shape index (κ1) is 21.1. The zero-order valence-electron chi connectivity index (χ0n) is 15.5. The van der Waals surface area contributed by atoms with E-state index in [0.717, 1.165) is 31.6 Å². The Balaban J connectivity index is 0.00000240. The molecule has 3 aromatic rings. The minimum Gasteiger partial charge on any atom is -0.365 e. The molecule has 154 valence electrons. The fraction of sp³-hybridized carbons (Fsp3) is 0.316. The van der Waals surface area contributed by atoms with Crippen LogP contribution in [0.25, 0.3) is 22.0 Å². The second kappa shape index (κ2) is 8.00. The largest absolute Gasteiger partial charge is 0.416 e. The summed E-state index contributed by atoms with van der Waals surface area (Å²) in [6, 6.07) is 4.91. The summed E-state index contributed by atoms with van der Waals surface area (Å²) in [6.07, 6.45) is -0.554. The van der Waals surface area contributed by atoms with Crippen LogP contribution in [0.5, 0.6) is 0 Å². The summed E-state index contributed by atoms with van der Waals surface area (Å²) >= 11 is 0. The highest BCUT2D eigenvalue weighted by atomic mass is 35.5. The number of hydrogen-bond acceptors (Lipinski definition) is 5. The van der Waals surface area contributed by atoms with Crippen LogP contribution >= 0.6 is 12.4 Å². The van der Waals surface area contributed by atoms with Crippen molar-refractivity contribution in [2.45, 2.75) is 18.6 Å². The molecule has 10 heteroatoms. The predicted molar refractivity (Wildman–Crippen MR) is 107 cm³/mol. The van der Waals surface area contributed by atoms with Gasteiger partial charge in [0.25, 0.3) is 5.56 Å². The molecule has 0 spiro atoms. The van der Waals surface area contributed by atoms with Crippen molar-refractivity contribution in [3.8, 4) is 11.1 Å². The fourth-order valence-electron chi connectivity index (χ4n) is 3.34. The van der Waals surface area contributed by atoms with Crippen LogP contribution in [0.3, 0.4) is 0 Å². The minimum atomic E-state index is -4.41. The van der Waals surface area contributed by atoms with E-state index in [1.54, 1.807) is 13.2 Å². The van der Waals surface area contributed by atoms with Gasteiger partial charge in [0.05, 0.1) is 17.4 Å². The third kappa shape index (κ3) is 4.06. The predicted octanol–water partition coefficient (Wildman–Crippen LogP) is 3.21. The summed E-state index contributed by atoms with van der Waals surface area (Å²) in [7, 11) is 1.60. The minimum absolute atomic E-state index is 0. The molecule has 1 aliphatic rings. The number of hydrogen-bond donors (Lipinski definition) is 2. The van der Waals surface area contributed by atoms with Crippen molar-refractivity contribution in [1.82, 2.24) is 19.9 Å². The number of nitrogens with one attached hydrogen (secondary N) is 2. The lowest BCUT2D eigenvalue weighted by Gasteiger charge is -2.16. The van der Waals surface area contributed by atoms with Gasteiger partial charge in [-0.2, -0.15) is 13.2 Å². The Kier molecular flexibility index (Phi) is 5.81. The van der Waals surface area contributed by atoms with Crippen LogP contribution in [-0.2, 0) is 13.2 Å². The maximum absolute atomic E-state index is 12.8. The topological polar surface area (TPSA) is 71.8 Å².